The van der Waals surface area contributed by atoms with Gasteiger partial charge in [0.25, 0.3) is 0 Å². The number of rotatable bonds is 3. The van der Waals surface area contributed by atoms with Crippen molar-refractivity contribution in [1.29, 1.82) is 0 Å². The van der Waals surface area contributed by atoms with E-state index in [2.05, 4.69) is 14.5 Å². The Hall–Kier alpha value is 0.350. The molecule has 2 atom stereocenters. The Morgan fingerprint density at radius 1 is 1.20 bits per heavy atom. The maximum atomic E-state index is 9.61. The summed E-state index contributed by atoms with van der Waals surface area (Å²) in [6.45, 7) is 1.94. The van der Waals surface area contributed by atoms with Gasteiger partial charge in [0.2, 0.25) is 0 Å². The fraction of sp³-hybridized carbons (Fsp3) is 1.00. The molecule has 2 bridgehead atoms. The number of aliphatic hydroxyl groups excluding tert-OH is 1. The lowest BCUT2D eigenvalue weighted by Gasteiger charge is -2.43. The van der Waals surface area contributed by atoms with E-state index in [4.69, 9.17) is 0 Å². The zero-order chi connectivity index (χ0) is 10.9. The highest BCUT2D eigenvalue weighted by molar-refractivity contribution is 7.13. The minimum atomic E-state index is -0.125. The maximum absolute atomic E-state index is 9.61. The molecule has 2 nitrogen and oxygen atoms in total. The van der Waals surface area contributed by atoms with Gasteiger partial charge < -0.3 is 5.11 Å². The van der Waals surface area contributed by atoms with E-state index in [0.29, 0.717) is 11.0 Å². The van der Waals surface area contributed by atoms with Crippen LogP contribution in [0.4, 0.5) is 0 Å². The molecule has 2 N–H and O–H groups in total. The average Bonchev–Trinajstić information content (AvgIpc) is 2.47. The third-order valence-corrected chi connectivity index (χ3v) is 5.28. The Kier molecular flexibility index (Phi) is 3.40. The maximum Gasteiger partial charge on any atom is 0.0517 e. The van der Waals surface area contributed by atoms with Crippen molar-refractivity contribution in [3.63, 3.8) is 0 Å². The molecule has 0 radical (unpaired) electrons. The molecular formula is C12H24NOP. The van der Waals surface area contributed by atoms with Gasteiger partial charge in [-0.15, -0.1) is 0 Å². The topological polar surface area (TPSA) is 32.3 Å². The van der Waals surface area contributed by atoms with Crippen LogP contribution < -0.4 is 5.09 Å². The van der Waals surface area contributed by atoms with E-state index in [1.807, 2.05) is 6.92 Å². The normalized spacial score (nSPS) is 42.6. The second-order valence-electron chi connectivity index (χ2n) is 5.83. The zero-order valence-electron chi connectivity index (χ0n) is 9.76. The number of hydrogen-bond acceptors (Lipinski definition) is 2. The summed E-state index contributed by atoms with van der Waals surface area (Å²) in [5.74, 6) is 0. The first kappa shape index (κ1) is 11.8. The summed E-state index contributed by atoms with van der Waals surface area (Å²) in [6.07, 6.45) is 10.1. The van der Waals surface area contributed by atoms with Gasteiger partial charge in [-0.2, -0.15) is 0 Å². The first-order valence-corrected chi connectivity index (χ1v) is 6.83. The van der Waals surface area contributed by atoms with Crippen molar-refractivity contribution in [2.45, 2.75) is 69.9 Å². The average molecular weight is 229 g/mol. The molecule has 3 aliphatic rings. The van der Waals surface area contributed by atoms with Crippen molar-refractivity contribution in [2.75, 3.05) is 0 Å². The Morgan fingerprint density at radius 2 is 1.87 bits per heavy atom. The largest absolute Gasteiger partial charge is 0.393 e. The molecule has 3 saturated carbocycles. The lowest BCUT2D eigenvalue weighted by Crippen LogP contribution is -2.43. The van der Waals surface area contributed by atoms with Gasteiger partial charge in [0.05, 0.1) is 6.10 Å². The van der Waals surface area contributed by atoms with E-state index < -0.39 is 0 Å². The summed E-state index contributed by atoms with van der Waals surface area (Å²) in [4.78, 5) is 0. The van der Waals surface area contributed by atoms with Crippen LogP contribution in [0.1, 0.15) is 58.3 Å². The molecule has 0 heterocycles. The molecule has 2 unspecified atom stereocenters. The van der Waals surface area contributed by atoms with E-state index in [1.54, 1.807) is 0 Å². The molecule has 0 spiro atoms. The fourth-order valence-electron chi connectivity index (χ4n) is 3.71. The summed E-state index contributed by atoms with van der Waals surface area (Å²) in [5, 5.41) is 13.1. The van der Waals surface area contributed by atoms with Crippen LogP contribution in [0.2, 0.25) is 0 Å². The van der Waals surface area contributed by atoms with Crippen LogP contribution in [0, 0.1) is 5.41 Å². The van der Waals surface area contributed by atoms with Crippen LogP contribution in [0.5, 0.6) is 0 Å². The third kappa shape index (κ3) is 2.38. The number of fused-ring (bicyclic) bond motifs is 4. The van der Waals surface area contributed by atoms with Gasteiger partial charge >= 0.3 is 0 Å². The quantitative estimate of drug-likeness (QED) is 0.729. The van der Waals surface area contributed by atoms with Crippen LogP contribution >= 0.6 is 9.39 Å². The third-order valence-electron chi connectivity index (χ3n) is 4.66. The molecule has 15 heavy (non-hydrogen) atoms. The van der Waals surface area contributed by atoms with Gasteiger partial charge in [0.1, 0.15) is 0 Å². The van der Waals surface area contributed by atoms with Crippen molar-refractivity contribution in [1.82, 2.24) is 5.09 Å². The summed E-state index contributed by atoms with van der Waals surface area (Å²) >= 11 is 0. The van der Waals surface area contributed by atoms with Gasteiger partial charge in [-0.3, -0.25) is 5.09 Å². The second-order valence-corrected chi connectivity index (χ2v) is 6.12. The highest BCUT2D eigenvalue weighted by Gasteiger charge is 2.44. The predicted octanol–water partition coefficient (Wildman–Crippen LogP) is 2.62. The van der Waals surface area contributed by atoms with Crippen LogP contribution in [0.3, 0.4) is 0 Å². The number of nitrogens with one attached hydrogen (secondary N) is 1. The first-order chi connectivity index (χ1) is 7.10. The van der Waals surface area contributed by atoms with Gasteiger partial charge in [0.15, 0.2) is 0 Å². The van der Waals surface area contributed by atoms with Gasteiger partial charge in [-0.25, -0.2) is 0 Å². The molecule has 88 valence electrons. The molecule has 0 aromatic heterocycles. The predicted molar refractivity (Wildman–Crippen MR) is 66.6 cm³/mol. The SMILES string of the molecule is CC(O)CC12CCCC(NP)(CC1)CC2. The van der Waals surface area contributed by atoms with E-state index in [1.165, 1.54) is 44.9 Å². The summed E-state index contributed by atoms with van der Waals surface area (Å²) in [7, 11) is 2.71. The number of aliphatic hydroxyl groups is 1. The minimum Gasteiger partial charge on any atom is -0.393 e. The summed E-state index contributed by atoms with van der Waals surface area (Å²) in [5.41, 5.74) is 0.874. The lowest BCUT2D eigenvalue weighted by molar-refractivity contribution is 0.0665. The van der Waals surface area contributed by atoms with Crippen LogP contribution in [-0.2, 0) is 0 Å². The molecule has 3 fully saturated rings. The highest BCUT2D eigenvalue weighted by atomic mass is 31.0. The van der Waals surface area contributed by atoms with Crippen LogP contribution in [-0.4, -0.2) is 16.7 Å². The molecule has 3 aliphatic carbocycles. The molecule has 0 saturated heterocycles. The molecule has 3 heteroatoms. The van der Waals surface area contributed by atoms with E-state index >= 15 is 0 Å². The smallest absolute Gasteiger partial charge is 0.0517 e. The van der Waals surface area contributed by atoms with E-state index in [9.17, 15) is 5.11 Å². The molecule has 3 rings (SSSR count). The zero-order valence-corrected chi connectivity index (χ0v) is 10.9. The highest BCUT2D eigenvalue weighted by Crippen LogP contribution is 2.52. The Morgan fingerprint density at radius 3 is 2.40 bits per heavy atom. The van der Waals surface area contributed by atoms with Crippen molar-refractivity contribution in [3.8, 4) is 0 Å². The van der Waals surface area contributed by atoms with E-state index in [0.717, 1.165) is 6.42 Å². The van der Waals surface area contributed by atoms with Crippen LogP contribution in [0.25, 0.3) is 0 Å². The molecule has 0 aromatic rings. The van der Waals surface area contributed by atoms with Gasteiger partial charge in [-0.1, -0.05) is 15.8 Å². The van der Waals surface area contributed by atoms with E-state index in [-0.39, 0.29) is 6.10 Å². The van der Waals surface area contributed by atoms with Crippen molar-refractivity contribution in [3.05, 3.63) is 0 Å². The molecular weight excluding hydrogens is 205 g/mol. The summed E-state index contributed by atoms with van der Waals surface area (Å²) in [6, 6.07) is 0. The standard InChI is InChI=1S/C12H24NOP/c1-10(14)9-11-3-2-4-12(13-15,7-5-11)8-6-11/h10,13-14H,2-9,15H2,1H3. The Bertz CT molecular complexity index is 222. The summed E-state index contributed by atoms with van der Waals surface area (Å²) < 4.78 is 0. The lowest BCUT2D eigenvalue weighted by atomic mass is 9.67. The van der Waals surface area contributed by atoms with Gasteiger partial charge in [0, 0.05) is 5.54 Å². The van der Waals surface area contributed by atoms with Gasteiger partial charge in [-0.05, 0) is 57.3 Å². The van der Waals surface area contributed by atoms with Crippen molar-refractivity contribution in [2.24, 2.45) is 5.41 Å². The van der Waals surface area contributed by atoms with Crippen molar-refractivity contribution < 1.29 is 5.11 Å². The molecule has 0 aliphatic heterocycles. The Labute approximate surface area is 95.5 Å². The molecule has 0 amide bonds. The first-order valence-electron chi connectivity index (χ1n) is 6.26. The Balaban J connectivity index is 2.07. The van der Waals surface area contributed by atoms with Crippen LogP contribution in [0.15, 0.2) is 0 Å². The fourth-order valence-corrected chi connectivity index (χ4v) is 4.14. The molecule has 0 aromatic carbocycles. The monoisotopic (exact) mass is 229 g/mol. The van der Waals surface area contributed by atoms with Crippen molar-refractivity contribution >= 4 is 9.39 Å². The number of hydrogen-bond donors (Lipinski definition) is 2. The minimum absolute atomic E-state index is 0.125. The second kappa shape index (κ2) is 4.31.